The van der Waals surface area contributed by atoms with Gasteiger partial charge in [-0.3, -0.25) is 0 Å². The standard InChI is InChI=1S/C14H27N3/c1-5-16-11-14(4)9-12(17-7-6-15)8-13(2,3)10-14/h12,16-17H,5,7-11H2,1-4H3. The van der Waals surface area contributed by atoms with Crippen LogP contribution in [0.1, 0.15) is 47.0 Å². The van der Waals surface area contributed by atoms with Gasteiger partial charge in [0.15, 0.2) is 0 Å². The van der Waals surface area contributed by atoms with E-state index < -0.39 is 0 Å². The summed E-state index contributed by atoms with van der Waals surface area (Å²) in [5.41, 5.74) is 0.723. The topological polar surface area (TPSA) is 47.8 Å². The van der Waals surface area contributed by atoms with E-state index in [2.05, 4.69) is 44.4 Å². The van der Waals surface area contributed by atoms with Crippen LogP contribution in [0.2, 0.25) is 0 Å². The van der Waals surface area contributed by atoms with Crippen molar-refractivity contribution in [3.63, 3.8) is 0 Å². The number of hydrogen-bond acceptors (Lipinski definition) is 3. The van der Waals surface area contributed by atoms with Crippen molar-refractivity contribution in [1.29, 1.82) is 5.26 Å². The lowest BCUT2D eigenvalue weighted by Crippen LogP contribution is -2.48. The molecule has 2 atom stereocenters. The lowest BCUT2D eigenvalue weighted by molar-refractivity contribution is 0.0722. The summed E-state index contributed by atoms with van der Waals surface area (Å²) in [6.07, 6.45) is 3.61. The third-order valence-corrected chi connectivity index (χ3v) is 3.72. The molecule has 0 aromatic heterocycles. The van der Waals surface area contributed by atoms with Crippen molar-refractivity contribution >= 4 is 0 Å². The average molecular weight is 237 g/mol. The minimum Gasteiger partial charge on any atom is -0.316 e. The Morgan fingerprint density at radius 1 is 1.29 bits per heavy atom. The Bertz CT molecular complexity index is 280. The Morgan fingerprint density at radius 2 is 2.00 bits per heavy atom. The molecule has 0 amide bonds. The van der Waals surface area contributed by atoms with Gasteiger partial charge in [0.1, 0.15) is 0 Å². The van der Waals surface area contributed by atoms with Gasteiger partial charge in [0.05, 0.1) is 12.6 Å². The summed E-state index contributed by atoms with van der Waals surface area (Å²) < 4.78 is 0. The highest BCUT2D eigenvalue weighted by Crippen LogP contribution is 2.45. The molecular weight excluding hydrogens is 210 g/mol. The molecule has 0 heterocycles. The van der Waals surface area contributed by atoms with E-state index in [0.717, 1.165) is 13.1 Å². The minimum atomic E-state index is 0.352. The monoisotopic (exact) mass is 237 g/mol. The predicted molar refractivity (Wildman–Crippen MR) is 71.7 cm³/mol. The van der Waals surface area contributed by atoms with Crippen molar-refractivity contribution in [1.82, 2.24) is 10.6 Å². The highest BCUT2D eigenvalue weighted by Gasteiger charge is 2.40. The molecule has 0 bridgehead atoms. The molecule has 2 unspecified atom stereocenters. The Kier molecular flexibility index (Phi) is 4.97. The van der Waals surface area contributed by atoms with E-state index in [4.69, 9.17) is 5.26 Å². The second-order valence-electron chi connectivity index (χ2n) is 6.58. The predicted octanol–water partition coefficient (Wildman–Crippen LogP) is 2.29. The molecular formula is C14H27N3. The van der Waals surface area contributed by atoms with Gasteiger partial charge in [0.2, 0.25) is 0 Å². The van der Waals surface area contributed by atoms with Gasteiger partial charge in [-0.25, -0.2) is 0 Å². The van der Waals surface area contributed by atoms with Crippen LogP contribution >= 0.6 is 0 Å². The van der Waals surface area contributed by atoms with Crippen LogP contribution in [0.15, 0.2) is 0 Å². The van der Waals surface area contributed by atoms with Crippen molar-refractivity contribution in [2.45, 2.75) is 53.0 Å². The number of nitriles is 1. The molecule has 17 heavy (non-hydrogen) atoms. The molecule has 0 spiro atoms. The van der Waals surface area contributed by atoms with Crippen LogP contribution in [-0.4, -0.2) is 25.7 Å². The first-order valence-corrected chi connectivity index (χ1v) is 6.72. The summed E-state index contributed by atoms with van der Waals surface area (Å²) in [5, 5.41) is 15.5. The van der Waals surface area contributed by atoms with Gasteiger partial charge in [0, 0.05) is 12.6 Å². The van der Waals surface area contributed by atoms with E-state index in [0.29, 0.717) is 23.4 Å². The Hall–Kier alpha value is -0.590. The first-order chi connectivity index (χ1) is 7.91. The molecule has 0 aromatic carbocycles. The molecule has 3 nitrogen and oxygen atoms in total. The second kappa shape index (κ2) is 5.84. The Morgan fingerprint density at radius 3 is 2.59 bits per heavy atom. The number of rotatable bonds is 5. The fourth-order valence-corrected chi connectivity index (χ4v) is 3.53. The van der Waals surface area contributed by atoms with E-state index in [1.165, 1.54) is 19.3 Å². The summed E-state index contributed by atoms with van der Waals surface area (Å²) in [6, 6.07) is 2.67. The molecule has 1 aliphatic rings. The quantitative estimate of drug-likeness (QED) is 0.721. The van der Waals surface area contributed by atoms with Gasteiger partial charge >= 0.3 is 0 Å². The highest BCUT2D eigenvalue weighted by atomic mass is 14.9. The number of nitrogens with one attached hydrogen (secondary N) is 2. The van der Waals surface area contributed by atoms with Crippen LogP contribution in [-0.2, 0) is 0 Å². The first-order valence-electron chi connectivity index (χ1n) is 6.72. The molecule has 0 aliphatic heterocycles. The van der Waals surface area contributed by atoms with Crippen LogP contribution in [0.4, 0.5) is 0 Å². The highest BCUT2D eigenvalue weighted by molar-refractivity contribution is 4.96. The summed E-state index contributed by atoms with van der Waals surface area (Å²) in [7, 11) is 0. The maximum Gasteiger partial charge on any atom is 0.0843 e. The van der Waals surface area contributed by atoms with Crippen molar-refractivity contribution in [3.8, 4) is 6.07 Å². The van der Waals surface area contributed by atoms with Crippen molar-refractivity contribution in [2.24, 2.45) is 10.8 Å². The zero-order valence-corrected chi connectivity index (χ0v) is 11.8. The van der Waals surface area contributed by atoms with Crippen LogP contribution < -0.4 is 10.6 Å². The van der Waals surface area contributed by atoms with Crippen LogP contribution in [0.5, 0.6) is 0 Å². The molecule has 0 saturated heterocycles. The zero-order valence-electron chi connectivity index (χ0n) is 11.8. The largest absolute Gasteiger partial charge is 0.316 e. The number of nitrogens with zero attached hydrogens (tertiary/aromatic N) is 1. The molecule has 2 N–H and O–H groups in total. The maximum atomic E-state index is 8.67. The van der Waals surface area contributed by atoms with E-state index >= 15 is 0 Å². The van der Waals surface area contributed by atoms with Gasteiger partial charge in [0.25, 0.3) is 0 Å². The van der Waals surface area contributed by atoms with E-state index in [1.54, 1.807) is 0 Å². The Balaban J connectivity index is 2.63. The lowest BCUT2D eigenvalue weighted by atomic mass is 9.62. The molecule has 1 aliphatic carbocycles. The fraction of sp³-hybridized carbons (Fsp3) is 0.929. The van der Waals surface area contributed by atoms with Crippen LogP contribution in [0, 0.1) is 22.2 Å². The maximum absolute atomic E-state index is 8.67. The van der Waals surface area contributed by atoms with Gasteiger partial charge in [-0.15, -0.1) is 0 Å². The van der Waals surface area contributed by atoms with Crippen LogP contribution in [0.3, 0.4) is 0 Å². The van der Waals surface area contributed by atoms with Crippen LogP contribution in [0.25, 0.3) is 0 Å². The van der Waals surface area contributed by atoms with Gasteiger partial charge < -0.3 is 10.6 Å². The fourth-order valence-electron chi connectivity index (χ4n) is 3.53. The summed E-state index contributed by atoms with van der Waals surface area (Å²) in [6.45, 7) is 11.8. The van der Waals surface area contributed by atoms with Crippen molar-refractivity contribution in [2.75, 3.05) is 19.6 Å². The normalized spacial score (nSPS) is 32.1. The van der Waals surface area contributed by atoms with Crippen molar-refractivity contribution < 1.29 is 0 Å². The molecule has 0 aromatic rings. The first kappa shape index (κ1) is 14.5. The summed E-state index contributed by atoms with van der Waals surface area (Å²) in [5.74, 6) is 0. The molecule has 1 rings (SSSR count). The summed E-state index contributed by atoms with van der Waals surface area (Å²) in [4.78, 5) is 0. The van der Waals surface area contributed by atoms with Crippen molar-refractivity contribution in [3.05, 3.63) is 0 Å². The van der Waals surface area contributed by atoms with Gasteiger partial charge in [-0.1, -0.05) is 27.7 Å². The third kappa shape index (κ3) is 4.65. The SMILES string of the molecule is CCNCC1(C)CC(NCC#N)CC(C)(C)C1. The third-order valence-electron chi connectivity index (χ3n) is 3.72. The molecule has 3 heteroatoms. The Labute approximate surface area is 106 Å². The minimum absolute atomic E-state index is 0.352. The zero-order chi connectivity index (χ0) is 12.9. The second-order valence-corrected chi connectivity index (χ2v) is 6.58. The van der Waals surface area contributed by atoms with E-state index in [9.17, 15) is 0 Å². The lowest BCUT2D eigenvalue weighted by Gasteiger charge is -2.47. The van der Waals surface area contributed by atoms with E-state index in [-0.39, 0.29) is 0 Å². The molecule has 1 fully saturated rings. The molecule has 98 valence electrons. The smallest absolute Gasteiger partial charge is 0.0843 e. The average Bonchev–Trinajstić information content (AvgIpc) is 2.21. The molecule has 0 radical (unpaired) electrons. The number of hydrogen-bond donors (Lipinski definition) is 2. The van der Waals surface area contributed by atoms with Gasteiger partial charge in [-0.05, 0) is 36.6 Å². The summed E-state index contributed by atoms with van der Waals surface area (Å²) >= 11 is 0. The molecule has 1 saturated carbocycles. The van der Waals surface area contributed by atoms with E-state index in [1.807, 2.05) is 0 Å². The van der Waals surface area contributed by atoms with Gasteiger partial charge in [-0.2, -0.15) is 5.26 Å².